The fourth-order valence-electron chi connectivity index (χ4n) is 4.07. The van der Waals surface area contributed by atoms with Gasteiger partial charge in [-0.3, -0.25) is 4.90 Å². The van der Waals surface area contributed by atoms with Gasteiger partial charge in [0.25, 0.3) is 0 Å². The van der Waals surface area contributed by atoms with Gasteiger partial charge in [0, 0.05) is 12.7 Å². The third-order valence-electron chi connectivity index (χ3n) is 5.38. The molecule has 0 bridgehead atoms. The molecule has 4 nitrogen and oxygen atoms in total. The Bertz CT molecular complexity index is 404. The number of hydrogen-bond acceptors (Lipinski definition) is 4. The van der Waals surface area contributed by atoms with Gasteiger partial charge in [-0.1, -0.05) is 19.3 Å². The third kappa shape index (κ3) is 2.86. The molecule has 2 heterocycles. The summed E-state index contributed by atoms with van der Waals surface area (Å²) in [5.41, 5.74) is 7.73. The van der Waals surface area contributed by atoms with Crippen molar-refractivity contribution in [1.82, 2.24) is 14.9 Å². The molecule has 1 aromatic heterocycles. The van der Waals surface area contributed by atoms with Gasteiger partial charge in [-0.15, -0.1) is 0 Å². The maximum atomic E-state index is 6.00. The topological polar surface area (TPSA) is 55.0 Å². The second-order valence-electron chi connectivity index (χ2n) is 6.48. The van der Waals surface area contributed by atoms with Gasteiger partial charge >= 0.3 is 0 Å². The zero-order chi connectivity index (χ0) is 13.8. The molecule has 1 spiro atoms. The van der Waals surface area contributed by atoms with Gasteiger partial charge in [-0.25, -0.2) is 9.97 Å². The number of likely N-dealkylation sites (tertiary alicyclic amines) is 1. The van der Waals surface area contributed by atoms with Gasteiger partial charge in [0.05, 0.1) is 11.7 Å². The van der Waals surface area contributed by atoms with Crippen LogP contribution in [0.25, 0.3) is 0 Å². The Morgan fingerprint density at radius 3 is 2.50 bits per heavy atom. The van der Waals surface area contributed by atoms with Crippen molar-refractivity contribution in [3.05, 3.63) is 24.3 Å². The molecule has 110 valence electrons. The number of nitrogens with two attached hydrogens (primary N) is 1. The molecular weight excluding hydrogens is 248 g/mol. The molecular formula is C16H26N4. The maximum absolute atomic E-state index is 6.00. The molecule has 0 amide bonds. The monoisotopic (exact) mass is 274 g/mol. The largest absolute Gasteiger partial charge is 0.329 e. The molecule has 0 aromatic carbocycles. The average Bonchev–Trinajstić information content (AvgIpc) is 2.52. The Hall–Kier alpha value is -1.00. The Balaban J connectivity index is 1.64. The van der Waals surface area contributed by atoms with Crippen LogP contribution in [0.5, 0.6) is 0 Å². The van der Waals surface area contributed by atoms with Crippen LogP contribution in [0.2, 0.25) is 0 Å². The lowest BCUT2D eigenvalue weighted by atomic mass is 9.68. The molecule has 2 N–H and O–H groups in total. The number of aromatic nitrogens is 2. The van der Waals surface area contributed by atoms with Crippen LogP contribution in [-0.2, 0) is 0 Å². The highest BCUT2D eigenvalue weighted by molar-refractivity contribution is 5.06. The molecule has 2 aliphatic rings. The predicted molar refractivity (Wildman–Crippen MR) is 80.2 cm³/mol. The highest BCUT2D eigenvalue weighted by Crippen LogP contribution is 2.45. The van der Waals surface area contributed by atoms with Gasteiger partial charge in [0.15, 0.2) is 0 Å². The van der Waals surface area contributed by atoms with Gasteiger partial charge in [-0.2, -0.15) is 0 Å². The SMILES string of the molecule is NCC(c1ccncn1)N1CCC2(CCCCC2)CC1. The van der Waals surface area contributed by atoms with Crippen LogP contribution < -0.4 is 5.73 Å². The van der Waals surface area contributed by atoms with E-state index in [1.54, 1.807) is 6.33 Å². The Labute approximate surface area is 121 Å². The van der Waals surface area contributed by atoms with Crippen LogP contribution in [0.1, 0.15) is 56.7 Å². The van der Waals surface area contributed by atoms with Gasteiger partial charge in [-0.05, 0) is 50.3 Å². The van der Waals surface area contributed by atoms with E-state index in [4.69, 9.17) is 5.73 Å². The van der Waals surface area contributed by atoms with Crippen molar-refractivity contribution in [3.63, 3.8) is 0 Å². The van der Waals surface area contributed by atoms with Crippen molar-refractivity contribution in [3.8, 4) is 0 Å². The van der Waals surface area contributed by atoms with E-state index < -0.39 is 0 Å². The normalized spacial score (nSPS) is 24.6. The molecule has 4 heteroatoms. The summed E-state index contributed by atoms with van der Waals surface area (Å²) in [5.74, 6) is 0. The van der Waals surface area contributed by atoms with Crippen LogP contribution in [0, 0.1) is 5.41 Å². The predicted octanol–water partition coefficient (Wildman–Crippen LogP) is 2.52. The van der Waals surface area contributed by atoms with Gasteiger partial charge < -0.3 is 5.73 Å². The van der Waals surface area contributed by atoms with Gasteiger partial charge in [0.2, 0.25) is 0 Å². The molecule has 1 unspecified atom stereocenters. The average molecular weight is 274 g/mol. The Kier molecular flexibility index (Phi) is 4.32. The zero-order valence-corrected chi connectivity index (χ0v) is 12.3. The lowest BCUT2D eigenvalue weighted by Crippen LogP contribution is -2.44. The van der Waals surface area contributed by atoms with E-state index in [0.717, 1.165) is 5.69 Å². The molecule has 1 saturated carbocycles. The molecule has 1 aliphatic heterocycles. The van der Waals surface area contributed by atoms with E-state index in [0.29, 0.717) is 12.0 Å². The summed E-state index contributed by atoms with van der Waals surface area (Å²) < 4.78 is 0. The third-order valence-corrected chi connectivity index (χ3v) is 5.38. The van der Waals surface area contributed by atoms with Crippen molar-refractivity contribution in [2.75, 3.05) is 19.6 Å². The molecule has 1 aliphatic carbocycles. The summed E-state index contributed by atoms with van der Waals surface area (Å²) in [6, 6.07) is 2.27. The van der Waals surface area contributed by atoms with Crippen LogP contribution in [0.4, 0.5) is 0 Å². The molecule has 20 heavy (non-hydrogen) atoms. The minimum atomic E-state index is 0.263. The van der Waals surface area contributed by atoms with Crippen molar-refractivity contribution >= 4 is 0 Å². The minimum Gasteiger partial charge on any atom is -0.329 e. The van der Waals surface area contributed by atoms with E-state index in [-0.39, 0.29) is 6.04 Å². The van der Waals surface area contributed by atoms with E-state index in [9.17, 15) is 0 Å². The molecule has 3 rings (SSSR count). The summed E-state index contributed by atoms with van der Waals surface area (Å²) in [6.45, 7) is 2.99. The molecule has 1 aromatic rings. The first kappa shape index (κ1) is 14.0. The summed E-state index contributed by atoms with van der Waals surface area (Å²) in [5, 5.41) is 0. The van der Waals surface area contributed by atoms with Crippen molar-refractivity contribution in [2.45, 2.75) is 51.0 Å². The molecule has 0 radical (unpaired) electrons. The quantitative estimate of drug-likeness (QED) is 0.920. The highest BCUT2D eigenvalue weighted by atomic mass is 15.2. The van der Waals surface area contributed by atoms with E-state index >= 15 is 0 Å². The van der Waals surface area contributed by atoms with E-state index in [1.165, 1.54) is 58.0 Å². The molecule has 1 saturated heterocycles. The molecule has 1 atom stereocenters. The van der Waals surface area contributed by atoms with E-state index in [2.05, 4.69) is 14.9 Å². The fraction of sp³-hybridized carbons (Fsp3) is 0.750. The highest BCUT2D eigenvalue weighted by Gasteiger charge is 2.37. The first-order chi connectivity index (χ1) is 9.83. The van der Waals surface area contributed by atoms with Crippen molar-refractivity contribution in [2.24, 2.45) is 11.1 Å². The lowest BCUT2D eigenvalue weighted by molar-refractivity contribution is 0.0454. The van der Waals surface area contributed by atoms with E-state index in [1.807, 2.05) is 12.3 Å². The number of piperidine rings is 1. The van der Waals surface area contributed by atoms with Crippen LogP contribution >= 0.6 is 0 Å². The number of nitrogens with zero attached hydrogens (tertiary/aromatic N) is 3. The first-order valence-corrected chi connectivity index (χ1v) is 8.03. The van der Waals surface area contributed by atoms with Crippen molar-refractivity contribution < 1.29 is 0 Å². The Morgan fingerprint density at radius 2 is 1.90 bits per heavy atom. The van der Waals surface area contributed by atoms with Crippen LogP contribution in [0.15, 0.2) is 18.6 Å². The smallest absolute Gasteiger partial charge is 0.115 e. The standard InChI is InChI=1S/C16H26N4/c17-12-15(14-4-9-18-13-19-14)20-10-7-16(8-11-20)5-2-1-3-6-16/h4,9,13,15H,1-3,5-8,10-12,17H2. The van der Waals surface area contributed by atoms with Crippen LogP contribution in [0.3, 0.4) is 0 Å². The molecule has 2 fully saturated rings. The van der Waals surface area contributed by atoms with Gasteiger partial charge in [0.1, 0.15) is 6.33 Å². The minimum absolute atomic E-state index is 0.263. The zero-order valence-electron chi connectivity index (χ0n) is 12.3. The lowest BCUT2D eigenvalue weighted by Gasteiger charge is -2.46. The summed E-state index contributed by atoms with van der Waals surface area (Å²) in [4.78, 5) is 10.9. The summed E-state index contributed by atoms with van der Waals surface area (Å²) >= 11 is 0. The fourth-order valence-corrected chi connectivity index (χ4v) is 4.07. The number of rotatable bonds is 3. The number of hydrogen-bond donors (Lipinski definition) is 1. The van der Waals surface area contributed by atoms with Crippen molar-refractivity contribution in [1.29, 1.82) is 0 Å². The first-order valence-electron chi connectivity index (χ1n) is 8.03. The van der Waals surface area contributed by atoms with Crippen LogP contribution in [-0.4, -0.2) is 34.5 Å². The second kappa shape index (κ2) is 6.19. The maximum Gasteiger partial charge on any atom is 0.115 e. The second-order valence-corrected chi connectivity index (χ2v) is 6.48. The summed E-state index contributed by atoms with van der Waals surface area (Å²) in [6.07, 6.45) is 13.3. The summed E-state index contributed by atoms with van der Waals surface area (Å²) in [7, 11) is 0. The Morgan fingerprint density at radius 1 is 1.15 bits per heavy atom.